The molecule has 0 radical (unpaired) electrons. The van der Waals surface area contributed by atoms with Crippen molar-refractivity contribution in [2.24, 2.45) is 0 Å². The minimum absolute atomic E-state index is 0.111. The molecule has 2 rings (SSSR count). The SMILES string of the molecule is CCC(NC(=O)c1c[nH]ccc1=O)c1ccc(Cl)cc1. The Hall–Kier alpha value is -2.07. The van der Waals surface area contributed by atoms with Crippen LogP contribution in [0.3, 0.4) is 0 Å². The van der Waals surface area contributed by atoms with Crippen molar-refractivity contribution >= 4 is 17.5 Å². The summed E-state index contributed by atoms with van der Waals surface area (Å²) in [6.07, 6.45) is 3.62. The number of hydrogen-bond donors (Lipinski definition) is 2. The van der Waals surface area contributed by atoms with Gasteiger partial charge in [-0.15, -0.1) is 0 Å². The van der Waals surface area contributed by atoms with Gasteiger partial charge in [0, 0.05) is 23.5 Å². The Bertz CT molecular complexity index is 649. The fraction of sp³-hybridized carbons (Fsp3) is 0.200. The highest BCUT2D eigenvalue weighted by molar-refractivity contribution is 6.30. The molecule has 2 aromatic rings. The molecule has 0 spiro atoms. The predicted molar refractivity (Wildman–Crippen MR) is 79.0 cm³/mol. The lowest BCUT2D eigenvalue weighted by Gasteiger charge is -2.17. The largest absolute Gasteiger partial charge is 0.367 e. The molecule has 1 atom stereocenters. The third-order valence-electron chi connectivity index (χ3n) is 3.05. The highest BCUT2D eigenvalue weighted by Gasteiger charge is 2.15. The zero-order valence-corrected chi connectivity index (χ0v) is 11.8. The fourth-order valence-electron chi connectivity index (χ4n) is 1.95. The lowest BCUT2D eigenvalue weighted by molar-refractivity contribution is 0.0934. The van der Waals surface area contributed by atoms with Gasteiger partial charge in [0.25, 0.3) is 5.91 Å². The highest BCUT2D eigenvalue weighted by atomic mass is 35.5. The van der Waals surface area contributed by atoms with Gasteiger partial charge in [0.2, 0.25) is 0 Å². The number of aromatic amines is 1. The summed E-state index contributed by atoms with van der Waals surface area (Å²) in [6, 6.07) is 8.47. The molecule has 1 aromatic carbocycles. The number of hydrogen-bond acceptors (Lipinski definition) is 2. The van der Waals surface area contributed by atoms with E-state index in [0.717, 1.165) is 12.0 Å². The lowest BCUT2D eigenvalue weighted by atomic mass is 10.0. The molecule has 0 aliphatic rings. The topological polar surface area (TPSA) is 62.0 Å². The van der Waals surface area contributed by atoms with Crippen molar-refractivity contribution < 1.29 is 4.79 Å². The first-order valence-electron chi connectivity index (χ1n) is 6.35. The molecule has 1 heterocycles. The van der Waals surface area contributed by atoms with Gasteiger partial charge < -0.3 is 10.3 Å². The van der Waals surface area contributed by atoms with Crippen LogP contribution in [-0.2, 0) is 0 Å². The summed E-state index contributed by atoms with van der Waals surface area (Å²) in [4.78, 5) is 26.5. The maximum atomic E-state index is 12.1. The fourth-order valence-corrected chi connectivity index (χ4v) is 2.07. The van der Waals surface area contributed by atoms with Crippen LogP contribution in [0, 0.1) is 0 Å². The Morgan fingerprint density at radius 1 is 1.30 bits per heavy atom. The Morgan fingerprint density at radius 2 is 2.00 bits per heavy atom. The first-order chi connectivity index (χ1) is 9.61. The first-order valence-corrected chi connectivity index (χ1v) is 6.73. The van der Waals surface area contributed by atoms with Crippen molar-refractivity contribution in [2.45, 2.75) is 19.4 Å². The van der Waals surface area contributed by atoms with Crippen molar-refractivity contribution in [3.63, 3.8) is 0 Å². The van der Waals surface area contributed by atoms with Crippen molar-refractivity contribution in [3.8, 4) is 0 Å². The average Bonchev–Trinajstić information content (AvgIpc) is 2.46. The Labute approximate surface area is 121 Å². The van der Waals surface area contributed by atoms with E-state index in [4.69, 9.17) is 11.6 Å². The summed E-state index contributed by atoms with van der Waals surface area (Å²) in [6.45, 7) is 1.97. The molecule has 4 nitrogen and oxygen atoms in total. The third kappa shape index (κ3) is 3.27. The molecule has 0 aliphatic heterocycles. The van der Waals surface area contributed by atoms with Crippen LogP contribution in [0.4, 0.5) is 0 Å². The van der Waals surface area contributed by atoms with Gasteiger partial charge in [-0.1, -0.05) is 30.7 Å². The zero-order chi connectivity index (χ0) is 14.5. The number of pyridine rings is 1. The number of carbonyl (C=O) groups excluding carboxylic acids is 1. The van der Waals surface area contributed by atoms with Crippen LogP contribution in [0.2, 0.25) is 5.02 Å². The van der Waals surface area contributed by atoms with E-state index in [1.807, 2.05) is 19.1 Å². The zero-order valence-electron chi connectivity index (χ0n) is 11.0. The van der Waals surface area contributed by atoms with Crippen LogP contribution >= 0.6 is 11.6 Å². The molecule has 1 aromatic heterocycles. The second-order valence-electron chi connectivity index (χ2n) is 4.41. The van der Waals surface area contributed by atoms with Gasteiger partial charge in [0.15, 0.2) is 5.43 Å². The number of rotatable bonds is 4. The summed E-state index contributed by atoms with van der Waals surface area (Å²) in [7, 11) is 0. The van der Waals surface area contributed by atoms with Gasteiger partial charge in [0.1, 0.15) is 5.56 Å². The van der Waals surface area contributed by atoms with Crippen LogP contribution in [0.15, 0.2) is 47.5 Å². The number of H-pyrrole nitrogens is 1. The molecular formula is C15H15ClN2O2. The Morgan fingerprint density at radius 3 is 2.60 bits per heavy atom. The molecule has 1 amide bonds. The van der Waals surface area contributed by atoms with Crippen LogP contribution in [0.1, 0.15) is 35.3 Å². The summed E-state index contributed by atoms with van der Waals surface area (Å²) >= 11 is 5.85. The number of amides is 1. The number of benzene rings is 1. The van der Waals surface area contributed by atoms with Crippen LogP contribution in [0.5, 0.6) is 0 Å². The highest BCUT2D eigenvalue weighted by Crippen LogP contribution is 2.19. The standard InChI is InChI=1S/C15H15ClN2O2/c1-2-13(10-3-5-11(16)6-4-10)18-15(20)12-9-17-8-7-14(12)19/h3-9,13H,2H2,1H3,(H,17,19)(H,18,20). The number of aromatic nitrogens is 1. The van der Waals surface area contributed by atoms with Crippen molar-refractivity contribution in [3.05, 3.63) is 69.1 Å². The van der Waals surface area contributed by atoms with Crippen molar-refractivity contribution in [2.75, 3.05) is 0 Å². The molecule has 2 N–H and O–H groups in total. The molecule has 0 bridgehead atoms. The minimum Gasteiger partial charge on any atom is -0.367 e. The molecule has 0 fully saturated rings. The average molecular weight is 291 g/mol. The molecule has 0 aliphatic carbocycles. The Balaban J connectivity index is 2.18. The van der Waals surface area contributed by atoms with Gasteiger partial charge in [-0.25, -0.2) is 0 Å². The number of carbonyl (C=O) groups is 1. The van der Waals surface area contributed by atoms with E-state index in [1.165, 1.54) is 18.5 Å². The molecule has 1 unspecified atom stereocenters. The molecule has 5 heteroatoms. The summed E-state index contributed by atoms with van der Waals surface area (Å²) in [5.74, 6) is -0.381. The van der Waals surface area contributed by atoms with Crippen molar-refractivity contribution in [1.29, 1.82) is 0 Å². The summed E-state index contributed by atoms with van der Waals surface area (Å²) < 4.78 is 0. The van der Waals surface area contributed by atoms with Gasteiger partial charge >= 0.3 is 0 Å². The first kappa shape index (κ1) is 14.3. The van der Waals surface area contributed by atoms with E-state index in [9.17, 15) is 9.59 Å². The van der Waals surface area contributed by atoms with E-state index in [0.29, 0.717) is 5.02 Å². The molecule has 104 valence electrons. The number of nitrogens with one attached hydrogen (secondary N) is 2. The van der Waals surface area contributed by atoms with Crippen LogP contribution < -0.4 is 10.7 Å². The van der Waals surface area contributed by atoms with E-state index < -0.39 is 0 Å². The van der Waals surface area contributed by atoms with Gasteiger partial charge in [-0.3, -0.25) is 9.59 Å². The smallest absolute Gasteiger partial charge is 0.257 e. The van der Waals surface area contributed by atoms with E-state index >= 15 is 0 Å². The molecule has 0 saturated heterocycles. The van der Waals surface area contributed by atoms with Crippen molar-refractivity contribution in [1.82, 2.24) is 10.3 Å². The maximum absolute atomic E-state index is 12.1. The molecular weight excluding hydrogens is 276 g/mol. The second kappa shape index (κ2) is 6.39. The molecule has 0 saturated carbocycles. The minimum atomic E-state index is -0.381. The Kier molecular flexibility index (Phi) is 4.58. The monoisotopic (exact) mass is 290 g/mol. The van der Waals surface area contributed by atoms with E-state index in [2.05, 4.69) is 10.3 Å². The molecule has 20 heavy (non-hydrogen) atoms. The van der Waals surface area contributed by atoms with E-state index in [1.54, 1.807) is 12.1 Å². The summed E-state index contributed by atoms with van der Waals surface area (Å²) in [5.41, 5.74) is 0.768. The second-order valence-corrected chi connectivity index (χ2v) is 4.84. The summed E-state index contributed by atoms with van der Waals surface area (Å²) in [5, 5.41) is 3.51. The van der Waals surface area contributed by atoms with Gasteiger partial charge in [-0.2, -0.15) is 0 Å². The quantitative estimate of drug-likeness (QED) is 0.909. The maximum Gasteiger partial charge on any atom is 0.257 e. The number of halogens is 1. The third-order valence-corrected chi connectivity index (χ3v) is 3.31. The van der Waals surface area contributed by atoms with Gasteiger partial charge in [0.05, 0.1) is 6.04 Å². The normalized spacial score (nSPS) is 11.9. The van der Waals surface area contributed by atoms with E-state index in [-0.39, 0.29) is 22.9 Å². The predicted octanol–water partition coefficient (Wildman–Crippen LogP) is 2.91. The lowest BCUT2D eigenvalue weighted by Crippen LogP contribution is -2.31. The van der Waals surface area contributed by atoms with Crippen LogP contribution in [-0.4, -0.2) is 10.9 Å². The van der Waals surface area contributed by atoms with Crippen LogP contribution in [0.25, 0.3) is 0 Å². The van der Waals surface area contributed by atoms with Gasteiger partial charge in [-0.05, 0) is 24.1 Å².